The van der Waals surface area contributed by atoms with Gasteiger partial charge < -0.3 is 25.6 Å². The van der Waals surface area contributed by atoms with Gasteiger partial charge in [0.25, 0.3) is 5.91 Å². The van der Waals surface area contributed by atoms with Crippen molar-refractivity contribution >= 4 is 65.7 Å². The van der Waals surface area contributed by atoms with Gasteiger partial charge in [-0.2, -0.15) is 0 Å². The number of halogens is 1. The van der Waals surface area contributed by atoms with Crippen molar-refractivity contribution in [1.29, 1.82) is 0 Å². The molecule has 34 heavy (non-hydrogen) atoms. The zero-order valence-electron chi connectivity index (χ0n) is 18.5. The van der Waals surface area contributed by atoms with Gasteiger partial charge >= 0.3 is 6.09 Å². The number of nitrogens with zero attached hydrogens (tertiary/aromatic N) is 1. The monoisotopic (exact) mass is 558 g/mol. The molecule has 176 valence electrons. The summed E-state index contributed by atoms with van der Waals surface area (Å²) in [7, 11) is 1.29. The third-order valence-electron chi connectivity index (χ3n) is 6.01. The Hall–Kier alpha value is -2.82. The number of methoxy groups -OCH3 is 1. The van der Waals surface area contributed by atoms with Crippen molar-refractivity contribution in [1.82, 2.24) is 20.9 Å². The highest BCUT2D eigenvalue weighted by atomic mass is 79.9. The molecule has 0 aliphatic carbocycles. The molecule has 7 nitrogen and oxygen atoms in total. The van der Waals surface area contributed by atoms with Crippen molar-refractivity contribution in [3.05, 3.63) is 75.0 Å². The Kier molecular flexibility index (Phi) is 6.13. The maximum absolute atomic E-state index is 13.7. The summed E-state index contributed by atoms with van der Waals surface area (Å²) in [5, 5.41) is 9.76. The van der Waals surface area contributed by atoms with Gasteiger partial charge in [-0.05, 0) is 40.5 Å². The van der Waals surface area contributed by atoms with E-state index >= 15 is 0 Å². The minimum absolute atomic E-state index is 0.202. The van der Waals surface area contributed by atoms with Crippen LogP contribution < -0.4 is 16.0 Å². The van der Waals surface area contributed by atoms with Crippen molar-refractivity contribution in [3.8, 4) is 0 Å². The number of rotatable bonds is 5. The Morgan fingerprint density at radius 3 is 2.74 bits per heavy atom. The summed E-state index contributed by atoms with van der Waals surface area (Å²) in [6.45, 7) is 2.49. The SMILES string of the molecule is COC(=O)NC(C(=O)N1CC=C[C@H]1C1(C)NC=C(c2cc3sc(Br)cc3s2)N1)c1ccccc1. The van der Waals surface area contributed by atoms with Crippen LogP contribution in [-0.4, -0.2) is 42.3 Å². The summed E-state index contributed by atoms with van der Waals surface area (Å²) >= 11 is 6.98. The van der Waals surface area contributed by atoms with Gasteiger partial charge in [-0.25, -0.2) is 4.79 Å². The molecule has 0 fully saturated rings. The van der Waals surface area contributed by atoms with E-state index < -0.39 is 17.8 Å². The number of alkyl carbamates (subject to hydrolysis) is 1. The Balaban J connectivity index is 1.37. The molecular weight excluding hydrogens is 536 g/mol. The molecule has 10 heteroatoms. The quantitative estimate of drug-likeness (QED) is 0.392. The number of nitrogens with one attached hydrogen (secondary N) is 3. The fourth-order valence-corrected chi connectivity index (χ4v) is 7.33. The van der Waals surface area contributed by atoms with Crippen LogP contribution >= 0.6 is 38.6 Å². The predicted molar refractivity (Wildman–Crippen MR) is 139 cm³/mol. The average molecular weight is 560 g/mol. The lowest BCUT2D eigenvalue weighted by Gasteiger charge is -2.39. The summed E-state index contributed by atoms with van der Waals surface area (Å²) in [4.78, 5) is 28.7. The highest BCUT2D eigenvalue weighted by molar-refractivity contribution is 9.11. The van der Waals surface area contributed by atoms with E-state index in [1.807, 2.05) is 55.6 Å². The highest BCUT2D eigenvalue weighted by Crippen LogP contribution is 2.39. The molecule has 3 atom stereocenters. The normalized spacial score (nSPS) is 22.3. The molecule has 4 heterocycles. The van der Waals surface area contributed by atoms with E-state index in [1.54, 1.807) is 27.6 Å². The van der Waals surface area contributed by atoms with Crippen LogP contribution in [0.4, 0.5) is 4.79 Å². The predicted octanol–water partition coefficient (Wildman–Crippen LogP) is 4.80. The summed E-state index contributed by atoms with van der Waals surface area (Å²) < 4.78 is 8.37. The standard InChI is InChI=1S/C24H23BrN4O3S2/c1-24(26-13-15(28-24)16-11-17-18(33-16)12-20(25)34-17)19-9-6-10-29(19)22(30)21(27-23(31)32-2)14-7-4-3-5-8-14/h3-9,11-13,19,21,26,28H,10H2,1-2H3,(H,27,31)/t19-,21?,24?/m0/s1. The third kappa shape index (κ3) is 4.21. The fraction of sp³-hybridized carbons (Fsp3) is 0.250. The molecule has 0 radical (unpaired) electrons. The van der Waals surface area contributed by atoms with Gasteiger partial charge in [0.2, 0.25) is 0 Å². The average Bonchev–Trinajstić information content (AvgIpc) is 3.60. The molecule has 2 aliphatic heterocycles. The number of thiophene rings is 2. The minimum atomic E-state index is -0.851. The molecule has 2 aromatic heterocycles. The molecule has 2 unspecified atom stereocenters. The molecule has 0 spiro atoms. The first kappa shape index (κ1) is 22.9. The number of hydrogen-bond acceptors (Lipinski definition) is 7. The van der Waals surface area contributed by atoms with E-state index in [0.29, 0.717) is 12.1 Å². The van der Waals surface area contributed by atoms with E-state index in [0.717, 1.165) is 14.4 Å². The van der Waals surface area contributed by atoms with E-state index in [1.165, 1.54) is 16.5 Å². The molecule has 1 aromatic carbocycles. The molecule has 3 aromatic rings. The van der Waals surface area contributed by atoms with Crippen LogP contribution in [0.15, 0.2) is 64.6 Å². The van der Waals surface area contributed by atoms with Crippen LogP contribution in [0.1, 0.15) is 23.4 Å². The second-order valence-corrected chi connectivity index (χ2v) is 11.8. The van der Waals surface area contributed by atoms with Crippen molar-refractivity contribution in [2.24, 2.45) is 0 Å². The van der Waals surface area contributed by atoms with Crippen LogP contribution in [0, 0.1) is 0 Å². The fourth-order valence-electron chi connectivity index (χ4n) is 4.33. The van der Waals surface area contributed by atoms with Gasteiger partial charge in [-0.3, -0.25) is 4.79 Å². The van der Waals surface area contributed by atoms with E-state index in [4.69, 9.17) is 4.74 Å². The van der Waals surface area contributed by atoms with Crippen LogP contribution in [0.5, 0.6) is 0 Å². The first-order chi connectivity index (χ1) is 16.4. The van der Waals surface area contributed by atoms with E-state index in [9.17, 15) is 9.59 Å². The molecule has 2 amide bonds. The molecule has 0 bridgehead atoms. The third-order valence-corrected chi connectivity index (χ3v) is 8.84. The molecule has 5 rings (SSSR count). The summed E-state index contributed by atoms with van der Waals surface area (Å²) in [5.74, 6) is -0.202. The lowest BCUT2D eigenvalue weighted by Crippen LogP contribution is -2.62. The summed E-state index contributed by atoms with van der Waals surface area (Å²) in [5.41, 5.74) is 1.08. The van der Waals surface area contributed by atoms with Crippen LogP contribution in [0.2, 0.25) is 0 Å². The molecule has 0 saturated heterocycles. The zero-order valence-corrected chi connectivity index (χ0v) is 21.7. The number of hydrogen-bond donors (Lipinski definition) is 3. The van der Waals surface area contributed by atoms with Gasteiger partial charge in [0.15, 0.2) is 0 Å². The number of carbonyl (C=O) groups is 2. The molecule has 3 N–H and O–H groups in total. The van der Waals surface area contributed by atoms with Crippen LogP contribution in [-0.2, 0) is 9.53 Å². The van der Waals surface area contributed by atoms with Crippen molar-refractivity contribution < 1.29 is 14.3 Å². The lowest BCUT2D eigenvalue weighted by molar-refractivity contribution is -0.135. The largest absolute Gasteiger partial charge is 0.453 e. The Bertz CT molecular complexity index is 1270. The van der Waals surface area contributed by atoms with Gasteiger partial charge in [-0.1, -0.05) is 42.5 Å². The number of fused-ring (bicyclic) bond motifs is 1. The van der Waals surface area contributed by atoms with Crippen molar-refractivity contribution in [2.45, 2.75) is 24.7 Å². The van der Waals surface area contributed by atoms with Gasteiger partial charge in [0.05, 0.1) is 27.5 Å². The lowest BCUT2D eigenvalue weighted by atomic mass is 10.00. The first-order valence-corrected chi connectivity index (χ1v) is 13.1. The summed E-state index contributed by atoms with van der Waals surface area (Å²) in [6, 6.07) is 12.4. The zero-order chi connectivity index (χ0) is 23.9. The molecule has 2 aliphatic rings. The number of ether oxygens (including phenoxy) is 1. The second kappa shape index (κ2) is 9.09. The number of carbonyl (C=O) groups excluding carboxylic acids is 2. The minimum Gasteiger partial charge on any atom is -0.453 e. The maximum atomic E-state index is 13.7. The van der Waals surface area contributed by atoms with E-state index in [2.05, 4.69) is 44.0 Å². The highest BCUT2D eigenvalue weighted by Gasteiger charge is 2.44. The second-order valence-electron chi connectivity index (χ2n) is 8.26. The Labute approximate surface area is 213 Å². The van der Waals surface area contributed by atoms with Crippen molar-refractivity contribution in [3.63, 3.8) is 0 Å². The maximum Gasteiger partial charge on any atom is 0.407 e. The van der Waals surface area contributed by atoms with E-state index in [-0.39, 0.29) is 11.9 Å². The Morgan fingerprint density at radius 1 is 1.24 bits per heavy atom. The van der Waals surface area contributed by atoms with Crippen molar-refractivity contribution in [2.75, 3.05) is 13.7 Å². The van der Waals surface area contributed by atoms with Crippen LogP contribution in [0.25, 0.3) is 15.1 Å². The smallest absolute Gasteiger partial charge is 0.407 e. The summed E-state index contributed by atoms with van der Waals surface area (Å²) in [6.07, 6.45) is 5.33. The molecular formula is C24H23BrN4O3S2. The van der Waals surface area contributed by atoms with Gasteiger partial charge in [0.1, 0.15) is 11.7 Å². The molecule has 0 saturated carbocycles. The Morgan fingerprint density at radius 2 is 2.00 bits per heavy atom. The first-order valence-electron chi connectivity index (χ1n) is 10.7. The number of benzene rings is 1. The number of amides is 2. The topological polar surface area (TPSA) is 82.7 Å². The van der Waals surface area contributed by atoms with Gasteiger partial charge in [-0.15, -0.1) is 22.7 Å². The van der Waals surface area contributed by atoms with Gasteiger partial charge in [0, 0.05) is 22.1 Å². The van der Waals surface area contributed by atoms with Crippen LogP contribution in [0.3, 0.4) is 0 Å².